The van der Waals surface area contributed by atoms with Crippen LogP contribution in [0.2, 0.25) is 0 Å². The van der Waals surface area contributed by atoms with Crippen LogP contribution in [0.1, 0.15) is 0 Å². The first-order valence-electron chi connectivity index (χ1n) is 3.07. The van der Waals surface area contributed by atoms with Crippen molar-refractivity contribution < 1.29 is 14.5 Å². The lowest BCUT2D eigenvalue weighted by atomic mass is 10.5. The third-order valence-electron chi connectivity index (χ3n) is 1.20. The van der Waals surface area contributed by atoms with Crippen LogP contribution in [0.15, 0.2) is 29.4 Å². The van der Waals surface area contributed by atoms with Gasteiger partial charge >= 0.3 is 5.97 Å². The summed E-state index contributed by atoms with van der Waals surface area (Å²) in [6, 6.07) is 5.22. The van der Waals surface area contributed by atoms with E-state index in [-0.39, 0.29) is 6.54 Å². The van der Waals surface area contributed by atoms with Gasteiger partial charge in [-0.2, -0.15) is 4.57 Å². The maximum Gasteiger partial charge on any atom is 0.370 e. The summed E-state index contributed by atoms with van der Waals surface area (Å²) in [5.74, 6) is -0.882. The first-order chi connectivity index (χ1) is 5.20. The lowest BCUT2D eigenvalue weighted by Gasteiger charge is -1.92. The topological polar surface area (TPSA) is 41.2 Å². The van der Waals surface area contributed by atoms with Gasteiger partial charge in [-0.3, -0.25) is 0 Å². The number of hydrogen-bond acceptors (Lipinski definition) is 1. The molecule has 1 aromatic rings. The highest BCUT2D eigenvalue weighted by molar-refractivity contribution is 7.80. The molecular weight excluding hydrogens is 162 g/mol. The zero-order valence-corrected chi connectivity index (χ0v) is 6.54. The van der Waals surface area contributed by atoms with Gasteiger partial charge in [0.1, 0.15) is 0 Å². The SMILES string of the molecule is O=C(O)C[n+]1ccccc1[S]. The molecule has 3 nitrogen and oxygen atoms in total. The van der Waals surface area contributed by atoms with Crippen molar-refractivity contribution in [1.29, 1.82) is 0 Å². The Hall–Kier alpha value is -1.16. The van der Waals surface area contributed by atoms with Crippen LogP contribution < -0.4 is 4.57 Å². The lowest BCUT2D eigenvalue weighted by molar-refractivity contribution is -0.721. The Bertz CT molecular complexity index is 275. The third-order valence-corrected chi connectivity index (χ3v) is 1.58. The van der Waals surface area contributed by atoms with E-state index in [0.717, 1.165) is 0 Å². The Balaban J connectivity index is 2.86. The number of aromatic nitrogens is 1. The molecule has 0 spiro atoms. The smallest absolute Gasteiger partial charge is 0.370 e. The van der Waals surface area contributed by atoms with Crippen LogP contribution >= 0.6 is 12.6 Å². The van der Waals surface area contributed by atoms with Gasteiger partial charge < -0.3 is 5.11 Å². The van der Waals surface area contributed by atoms with E-state index in [0.29, 0.717) is 5.03 Å². The summed E-state index contributed by atoms with van der Waals surface area (Å²) in [6.07, 6.45) is 1.65. The van der Waals surface area contributed by atoms with Crippen molar-refractivity contribution in [2.75, 3.05) is 0 Å². The summed E-state index contributed by atoms with van der Waals surface area (Å²) < 4.78 is 1.50. The van der Waals surface area contributed by atoms with Crippen LogP contribution in [0.25, 0.3) is 0 Å². The first-order valence-corrected chi connectivity index (χ1v) is 3.48. The molecule has 0 aromatic carbocycles. The number of nitrogens with zero attached hydrogens (tertiary/aromatic N) is 1. The maximum absolute atomic E-state index is 10.3. The number of pyridine rings is 1. The average molecular weight is 169 g/mol. The van der Waals surface area contributed by atoms with Gasteiger partial charge in [-0.05, 0) is 18.7 Å². The fourth-order valence-electron chi connectivity index (χ4n) is 0.737. The third kappa shape index (κ3) is 2.16. The summed E-state index contributed by atoms with van der Waals surface area (Å²) in [4.78, 5) is 10.3. The number of aliphatic carboxylic acids is 1. The molecule has 1 N–H and O–H groups in total. The number of carboxylic acid groups (broad SMARTS) is 1. The molecule has 0 saturated carbocycles. The molecule has 0 saturated heterocycles. The second kappa shape index (κ2) is 3.30. The summed E-state index contributed by atoms with van der Waals surface area (Å²) >= 11 is 4.87. The fourth-order valence-corrected chi connectivity index (χ4v) is 0.941. The molecule has 1 heterocycles. The number of hydrogen-bond donors (Lipinski definition) is 1. The molecule has 1 radical (unpaired) electrons. The Kier molecular flexibility index (Phi) is 2.38. The van der Waals surface area contributed by atoms with Gasteiger partial charge in [-0.1, -0.05) is 0 Å². The molecule has 1 aromatic heterocycles. The normalized spacial score (nSPS) is 9.45. The molecule has 0 amide bonds. The van der Waals surface area contributed by atoms with Crippen LogP contribution in [0.3, 0.4) is 0 Å². The standard InChI is InChI=1S/C7H6NO2S/c9-7(10)5-8-4-2-1-3-6(8)11/h1-4H,5H2/p+1. The largest absolute Gasteiger partial charge is 0.477 e. The van der Waals surface area contributed by atoms with Crippen molar-refractivity contribution in [1.82, 2.24) is 0 Å². The van der Waals surface area contributed by atoms with Crippen molar-refractivity contribution in [3.63, 3.8) is 0 Å². The van der Waals surface area contributed by atoms with E-state index in [1.165, 1.54) is 4.57 Å². The van der Waals surface area contributed by atoms with E-state index in [1.54, 1.807) is 24.4 Å². The monoisotopic (exact) mass is 169 g/mol. The molecule has 57 valence electrons. The van der Waals surface area contributed by atoms with Crippen LogP contribution in [0.5, 0.6) is 0 Å². The zero-order valence-electron chi connectivity index (χ0n) is 5.73. The lowest BCUT2D eigenvalue weighted by Crippen LogP contribution is -2.38. The predicted molar refractivity (Wildman–Crippen MR) is 40.1 cm³/mol. The van der Waals surface area contributed by atoms with Gasteiger partial charge in [-0.25, -0.2) is 4.79 Å². The number of rotatable bonds is 2. The minimum Gasteiger partial charge on any atom is -0.477 e. The highest BCUT2D eigenvalue weighted by Gasteiger charge is 2.09. The molecular formula is C7H7NO2S+. The molecule has 0 aliphatic rings. The number of carboxylic acids is 1. The molecule has 0 atom stereocenters. The number of carbonyl (C=O) groups is 1. The second-order valence-corrected chi connectivity index (χ2v) is 2.48. The summed E-state index contributed by atoms with van der Waals surface area (Å²) in [7, 11) is 0. The summed E-state index contributed by atoms with van der Waals surface area (Å²) in [5.41, 5.74) is 0. The summed E-state index contributed by atoms with van der Waals surface area (Å²) in [6.45, 7) is -0.0698. The molecule has 0 aliphatic carbocycles. The minimum atomic E-state index is -0.882. The Morgan fingerprint density at radius 1 is 1.64 bits per heavy atom. The van der Waals surface area contributed by atoms with Crippen molar-refractivity contribution >= 4 is 18.6 Å². The molecule has 0 aliphatic heterocycles. The van der Waals surface area contributed by atoms with E-state index < -0.39 is 5.97 Å². The van der Waals surface area contributed by atoms with Crippen molar-refractivity contribution in [2.24, 2.45) is 0 Å². The highest BCUT2D eigenvalue weighted by atomic mass is 32.1. The van der Waals surface area contributed by atoms with Gasteiger partial charge in [0.15, 0.2) is 6.20 Å². The van der Waals surface area contributed by atoms with Crippen molar-refractivity contribution in [3.8, 4) is 0 Å². The molecule has 0 bridgehead atoms. The van der Waals surface area contributed by atoms with E-state index in [9.17, 15) is 4.79 Å². The van der Waals surface area contributed by atoms with Crippen molar-refractivity contribution in [3.05, 3.63) is 24.4 Å². The first kappa shape index (κ1) is 7.94. The van der Waals surface area contributed by atoms with E-state index in [2.05, 4.69) is 0 Å². The Labute approximate surface area is 69.7 Å². The van der Waals surface area contributed by atoms with Gasteiger partial charge in [0.25, 0.3) is 5.03 Å². The van der Waals surface area contributed by atoms with E-state index >= 15 is 0 Å². The van der Waals surface area contributed by atoms with E-state index in [1.807, 2.05) is 0 Å². The van der Waals surface area contributed by atoms with Crippen LogP contribution in [0, 0.1) is 0 Å². The quantitative estimate of drug-likeness (QED) is 0.659. The van der Waals surface area contributed by atoms with Crippen LogP contribution in [0.4, 0.5) is 0 Å². The average Bonchev–Trinajstić information content (AvgIpc) is 1.93. The maximum atomic E-state index is 10.3. The molecule has 0 unspecified atom stereocenters. The van der Waals surface area contributed by atoms with Crippen LogP contribution in [-0.4, -0.2) is 11.1 Å². The molecule has 1 rings (SSSR count). The van der Waals surface area contributed by atoms with Gasteiger partial charge in [0, 0.05) is 12.1 Å². The predicted octanol–water partition coefficient (Wildman–Crippen LogP) is 0.615. The highest BCUT2D eigenvalue weighted by Crippen LogP contribution is 1.95. The Morgan fingerprint density at radius 3 is 2.91 bits per heavy atom. The molecule has 11 heavy (non-hydrogen) atoms. The second-order valence-electron chi connectivity index (χ2n) is 2.06. The van der Waals surface area contributed by atoms with Crippen LogP contribution in [-0.2, 0) is 11.3 Å². The zero-order chi connectivity index (χ0) is 8.27. The van der Waals surface area contributed by atoms with Gasteiger partial charge in [0.05, 0.1) is 0 Å². The summed E-state index contributed by atoms with van der Waals surface area (Å²) in [5, 5.41) is 8.96. The van der Waals surface area contributed by atoms with Gasteiger partial charge in [0.2, 0.25) is 6.54 Å². The van der Waals surface area contributed by atoms with Gasteiger partial charge in [-0.15, -0.1) is 0 Å². The minimum absolute atomic E-state index is 0.0698. The Morgan fingerprint density at radius 2 is 2.36 bits per heavy atom. The molecule has 4 heteroatoms. The van der Waals surface area contributed by atoms with E-state index in [4.69, 9.17) is 17.7 Å². The van der Waals surface area contributed by atoms with Crippen molar-refractivity contribution in [2.45, 2.75) is 11.6 Å². The molecule has 0 fully saturated rings. The fraction of sp³-hybridized carbons (Fsp3) is 0.143.